The van der Waals surface area contributed by atoms with E-state index in [0.717, 1.165) is 19.3 Å². The quantitative estimate of drug-likeness (QED) is 0.457. The third-order valence-electron chi connectivity index (χ3n) is 4.46. The normalized spacial score (nSPS) is 24.0. The summed E-state index contributed by atoms with van der Waals surface area (Å²) in [5, 5.41) is 2.96. The van der Waals surface area contributed by atoms with Gasteiger partial charge in [-0.3, -0.25) is 9.59 Å². The van der Waals surface area contributed by atoms with Gasteiger partial charge in [0.1, 0.15) is 0 Å². The Morgan fingerprint density at radius 1 is 1.17 bits per heavy atom. The van der Waals surface area contributed by atoms with Crippen LogP contribution >= 0.6 is 0 Å². The molecule has 23 heavy (non-hydrogen) atoms. The van der Waals surface area contributed by atoms with Gasteiger partial charge in [-0.05, 0) is 25.7 Å². The highest BCUT2D eigenvalue weighted by molar-refractivity contribution is 5.88. The Balaban J connectivity index is 1.87. The third kappa shape index (κ3) is 5.11. The molecule has 1 heterocycles. The fraction of sp³-hybridized carbons (Fsp3) is 0.667. The molecule has 1 saturated heterocycles. The van der Waals surface area contributed by atoms with Gasteiger partial charge in [0.15, 0.2) is 0 Å². The van der Waals surface area contributed by atoms with Crippen LogP contribution in [0, 0.1) is 24.2 Å². The van der Waals surface area contributed by atoms with Gasteiger partial charge >= 0.3 is 0 Å². The summed E-state index contributed by atoms with van der Waals surface area (Å²) in [7, 11) is 0. The summed E-state index contributed by atoms with van der Waals surface area (Å²) in [5.74, 6) is 2.16. The second-order valence-electron chi connectivity index (χ2n) is 6.05. The van der Waals surface area contributed by atoms with Crippen LogP contribution in [0.25, 0.3) is 0 Å². The summed E-state index contributed by atoms with van der Waals surface area (Å²) >= 11 is 0. The van der Waals surface area contributed by atoms with Crippen molar-refractivity contribution < 1.29 is 14.3 Å². The van der Waals surface area contributed by atoms with Crippen LogP contribution in [-0.2, 0) is 14.3 Å². The van der Waals surface area contributed by atoms with Gasteiger partial charge in [-0.15, -0.1) is 12.3 Å². The molecule has 2 atom stereocenters. The predicted octanol–water partition coefficient (Wildman–Crippen LogP) is 1.35. The first-order valence-electron chi connectivity index (χ1n) is 8.46. The SMILES string of the molecule is C#CCCCCNC(=O)C1CC=CCC1C(=O)N1CCOCC1. The molecule has 0 aromatic rings. The first-order valence-corrected chi connectivity index (χ1v) is 8.46. The Labute approximate surface area is 138 Å². The first kappa shape index (κ1) is 17.6. The van der Waals surface area contributed by atoms with Crippen molar-refractivity contribution in [3.8, 4) is 12.3 Å². The molecule has 0 saturated carbocycles. The van der Waals surface area contributed by atoms with E-state index in [2.05, 4.69) is 11.2 Å². The van der Waals surface area contributed by atoms with Gasteiger partial charge in [-0.25, -0.2) is 0 Å². The Morgan fingerprint density at radius 3 is 2.57 bits per heavy atom. The lowest BCUT2D eigenvalue weighted by atomic mass is 9.81. The number of terminal acetylenes is 1. The molecule has 0 aromatic carbocycles. The number of nitrogens with zero attached hydrogens (tertiary/aromatic N) is 1. The van der Waals surface area contributed by atoms with Crippen LogP contribution in [0.1, 0.15) is 32.1 Å². The average Bonchev–Trinajstić information content (AvgIpc) is 2.61. The number of carbonyl (C=O) groups is 2. The number of carbonyl (C=O) groups excluding carboxylic acids is 2. The minimum atomic E-state index is -0.261. The molecule has 1 fully saturated rings. The Kier molecular flexibility index (Phi) is 7.15. The van der Waals surface area contributed by atoms with Crippen molar-refractivity contribution in [3.05, 3.63) is 12.2 Å². The van der Waals surface area contributed by atoms with Crippen molar-refractivity contribution in [2.45, 2.75) is 32.1 Å². The van der Waals surface area contributed by atoms with Crippen LogP contribution in [0.4, 0.5) is 0 Å². The molecule has 5 heteroatoms. The molecule has 2 rings (SSSR count). The Hall–Kier alpha value is -1.80. The average molecular weight is 318 g/mol. The van der Waals surface area contributed by atoms with E-state index in [1.165, 1.54) is 0 Å². The van der Waals surface area contributed by atoms with Crippen molar-refractivity contribution in [3.63, 3.8) is 0 Å². The van der Waals surface area contributed by atoms with Gasteiger partial charge < -0.3 is 15.0 Å². The van der Waals surface area contributed by atoms with Crippen LogP contribution in [0.5, 0.6) is 0 Å². The molecule has 0 spiro atoms. The molecule has 1 N–H and O–H groups in total. The lowest BCUT2D eigenvalue weighted by Gasteiger charge is -2.34. The summed E-state index contributed by atoms with van der Waals surface area (Å²) in [6.45, 7) is 3.04. The second-order valence-corrected chi connectivity index (χ2v) is 6.05. The topological polar surface area (TPSA) is 58.6 Å². The molecule has 0 bridgehead atoms. The standard InChI is InChI=1S/C18H26N2O3/c1-2-3-4-7-10-19-17(21)15-8-5-6-9-16(15)18(22)20-11-13-23-14-12-20/h1,5-6,15-16H,3-4,7-14H2,(H,19,21). The summed E-state index contributed by atoms with van der Waals surface area (Å²) in [6, 6.07) is 0. The van der Waals surface area contributed by atoms with E-state index >= 15 is 0 Å². The fourth-order valence-electron chi connectivity index (χ4n) is 3.09. The van der Waals surface area contributed by atoms with E-state index in [9.17, 15) is 9.59 Å². The lowest BCUT2D eigenvalue weighted by molar-refractivity contribution is -0.145. The molecular formula is C18H26N2O3. The molecule has 0 aromatic heterocycles. The van der Waals surface area contributed by atoms with Crippen molar-refractivity contribution in [1.29, 1.82) is 0 Å². The zero-order chi connectivity index (χ0) is 16.5. The lowest BCUT2D eigenvalue weighted by Crippen LogP contribution is -2.48. The van der Waals surface area contributed by atoms with Gasteiger partial charge in [-0.1, -0.05) is 12.2 Å². The molecule has 2 unspecified atom stereocenters. The van der Waals surface area contributed by atoms with E-state index in [0.29, 0.717) is 45.7 Å². The zero-order valence-corrected chi connectivity index (χ0v) is 13.6. The maximum atomic E-state index is 12.7. The number of morpholine rings is 1. The van der Waals surface area contributed by atoms with Gasteiger partial charge in [0, 0.05) is 26.1 Å². The molecule has 126 valence electrons. The number of hydrogen-bond donors (Lipinski definition) is 1. The zero-order valence-electron chi connectivity index (χ0n) is 13.6. The molecule has 1 aliphatic carbocycles. The van der Waals surface area contributed by atoms with E-state index in [4.69, 9.17) is 11.2 Å². The number of allylic oxidation sites excluding steroid dienone is 2. The highest BCUT2D eigenvalue weighted by Crippen LogP contribution is 2.28. The van der Waals surface area contributed by atoms with Gasteiger partial charge in [-0.2, -0.15) is 0 Å². The number of ether oxygens (including phenoxy) is 1. The summed E-state index contributed by atoms with van der Waals surface area (Å²) < 4.78 is 5.30. The minimum Gasteiger partial charge on any atom is -0.378 e. The van der Waals surface area contributed by atoms with Crippen molar-refractivity contribution >= 4 is 11.8 Å². The van der Waals surface area contributed by atoms with Crippen LogP contribution in [0.3, 0.4) is 0 Å². The molecule has 2 aliphatic rings. The van der Waals surface area contributed by atoms with E-state index in [-0.39, 0.29) is 23.7 Å². The smallest absolute Gasteiger partial charge is 0.226 e. The van der Waals surface area contributed by atoms with Crippen molar-refractivity contribution in [2.24, 2.45) is 11.8 Å². The highest BCUT2D eigenvalue weighted by Gasteiger charge is 2.36. The number of amides is 2. The molecular weight excluding hydrogens is 292 g/mol. The van der Waals surface area contributed by atoms with Crippen LogP contribution in [-0.4, -0.2) is 49.6 Å². The predicted molar refractivity (Wildman–Crippen MR) is 88.4 cm³/mol. The molecule has 1 aliphatic heterocycles. The number of unbranched alkanes of at least 4 members (excludes halogenated alkanes) is 2. The van der Waals surface area contributed by atoms with Crippen LogP contribution < -0.4 is 5.32 Å². The number of rotatable bonds is 6. The largest absolute Gasteiger partial charge is 0.378 e. The molecule has 0 radical (unpaired) electrons. The summed E-state index contributed by atoms with van der Waals surface area (Å²) in [6.07, 6.45) is 13.0. The van der Waals surface area contributed by atoms with Crippen molar-refractivity contribution in [2.75, 3.05) is 32.8 Å². The Morgan fingerprint density at radius 2 is 1.87 bits per heavy atom. The van der Waals surface area contributed by atoms with Crippen molar-refractivity contribution in [1.82, 2.24) is 10.2 Å². The van der Waals surface area contributed by atoms with Crippen LogP contribution in [0.15, 0.2) is 12.2 Å². The summed E-state index contributed by atoms with van der Waals surface area (Å²) in [5.41, 5.74) is 0. The number of hydrogen-bond acceptors (Lipinski definition) is 3. The first-order chi connectivity index (χ1) is 11.2. The summed E-state index contributed by atoms with van der Waals surface area (Å²) in [4.78, 5) is 27.0. The van der Waals surface area contributed by atoms with E-state index < -0.39 is 0 Å². The molecule has 2 amide bonds. The Bertz CT molecular complexity index is 475. The van der Waals surface area contributed by atoms with Gasteiger partial charge in [0.25, 0.3) is 0 Å². The maximum Gasteiger partial charge on any atom is 0.226 e. The number of nitrogens with one attached hydrogen (secondary N) is 1. The van der Waals surface area contributed by atoms with E-state index in [1.54, 1.807) is 0 Å². The third-order valence-corrected chi connectivity index (χ3v) is 4.46. The van der Waals surface area contributed by atoms with Gasteiger partial charge in [0.05, 0.1) is 25.0 Å². The maximum absolute atomic E-state index is 12.7. The van der Waals surface area contributed by atoms with Gasteiger partial charge in [0.2, 0.25) is 11.8 Å². The fourth-order valence-corrected chi connectivity index (χ4v) is 3.09. The monoisotopic (exact) mass is 318 g/mol. The van der Waals surface area contributed by atoms with Crippen LogP contribution in [0.2, 0.25) is 0 Å². The highest BCUT2D eigenvalue weighted by atomic mass is 16.5. The minimum absolute atomic E-state index is 0.0123. The molecule has 5 nitrogen and oxygen atoms in total. The van der Waals surface area contributed by atoms with E-state index in [1.807, 2.05) is 17.1 Å². The second kappa shape index (κ2) is 9.36.